The number of hydrogen-bond donors (Lipinski definition) is 1. The second kappa shape index (κ2) is 4.70. The molecule has 0 fully saturated rings. The zero-order chi connectivity index (χ0) is 11.6. The van der Waals surface area contributed by atoms with E-state index >= 15 is 0 Å². The normalized spacial score (nSPS) is 15.4. The summed E-state index contributed by atoms with van der Waals surface area (Å²) < 4.78 is 15.7. The van der Waals surface area contributed by atoms with Crippen LogP contribution < -0.4 is 0 Å². The van der Waals surface area contributed by atoms with Gasteiger partial charge in [-0.2, -0.15) is 0 Å². The van der Waals surface area contributed by atoms with E-state index < -0.39 is 24.4 Å². The quantitative estimate of drug-likeness (QED) is 0.474. The SMILES string of the molecule is C[Si](C)(C)C=C(O[P+](=O)O)[Si](C)(C)C. The van der Waals surface area contributed by atoms with Gasteiger partial charge in [0.05, 0.1) is 8.07 Å². The molecule has 0 spiro atoms. The molecule has 0 bridgehead atoms. The van der Waals surface area contributed by atoms with Crippen LogP contribution in [0.15, 0.2) is 11.1 Å². The summed E-state index contributed by atoms with van der Waals surface area (Å²) in [5.41, 5.74) is 2.09. The molecule has 82 valence electrons. The topological polar surface area (TPSA) is 46.5 Å². The average molecular weight is 251 g/mol. The van der Waals surface area contributed by atoms with Gasteiger partial charge in [-0.3, -0.25) is 0 Å². The van der Waals surface area contributed by atoms with Crippen LogP contribution in [0.5, 0.6) is 0 Å². The summed E-state index contributed by atoms with van der Waals surface area (Å²) in [6.07, 6.45) is 0. The van der Waals surface area contributed by atoms with Crippen molar-refractivity contribution in [3.8, 4) is 0 Å². The first kappa shape index (κ1) is 14.0. The molecule has 0 aliphatic rings. The Kier molecular flexibility index (Phi) is 4.71. The summed E-state index contributed by atoms with van der Waals surface area (Å²) in [7, 11) is -5.54. The van der Waals surface area contributed by atoms with Crippen molar-refractivity contribution in [1.82, 2.24) is 0 Å². The van der Waals surface area contributed by atoms with Crippen molar-refractivity contribution < 1.29 is 14.0 Å². The molecule has 0 rings (SSSR count). The van der Waals surface area contributed by atoms with Crippen LogP contribution in [0.3, 0.4) is 0 Å². The minimum atomic E-state index is -2.52. The Morgan fingerprint density at radius 2 is 1.64 bits per heavy atom. The molecular formula is C8H20O3PSi2+. The highest BCUT2D eigenvalue weighted by Gasteiger charge is 2.31. The first-order valence-electron chi connectivity index (χ1n) is 4.60. The predicted octanol–water partition coefficient (Wildman–Crippen LogP) is 3.29. The summed E-state index contributed by atoms with van der Waals surface area (Å²) in [4.78, 5) is 8.77. The molecule has 0 heterocycles. The average Bonchev–Trinajstić information content (AvgIpc) is 1.78. The lowest BCUT2D eigenvalue weighted by atomic mass is 11.1. The molecule has 0 aromatic carbocycles. The van der Waals surface area contributed by atoms with Gasteiger partial charge < -0.3 is 0 Å². The van der Waals surface area contributed by atoms with Crippen molar-refractivity contribution in [3.63, 3.8) is 0 Å². The molecule has 0 saturated carbocycles. The highest BCUT2D eigenvalue weighted by atomic mass is 31.1. The molecule has 3 nitrogen and oxygen atoms in total. The summed E-state index contributed by atoms with van der Waals surface area (Å²) in [5, 5.41) is 0.764. The van der Waals surface area contributed by atoms with Crippen LogP contribution in [0, 0.1) is 0 Å². The van der Waals surface area contributed by atoms with Crippen LogP contribution in [0.1, 0.15) is 0 Å². The van der Waals surface area contributed by atoms with Gasteiger partial charge in [0.2, 0.25) is 0 Å². The Labute approximate surface area is 89.2 Å². The second-order valence-electron chi connectivity index (χ2n) is 5.45. The van der Waals surface area contributed by atoms with Crippen molar-refractivity contribution in [2.75, 3.05) is 0 Å². The number of hydrogen-bond acceptors (Lipinski definition) is 2. The van der Waals surface area contributed by atoms with Gasteiger partial charge in [-0.05, 0) is 0 Å². The molecule has 1 unspecified atom stereocenters. The molecule has 0 aromatic rings. The lowest BCUT2D eigenvalue weighted by molar-refractivity contribution is 0.366. The minimum Gasteiger partial charge on any atom is -0.240 e. The molecule has 0 saturated heterocycles. The smallest absolute Gasteiger partial charge is 0.240 e. The van der Waals surface area contributed by atoms with Gasteiger partial charge >= 0.3 is 8.25 Å². The summed E-state index contributed by atoms with van der Waals surface area (Å²) in [6, 6.07) is 0. The van der Waals surface area contributed by atoms with Gasteiger partial charge in [0, 0.05) is 4.57 Å². The molecule has 0 aliphatic carbocycles. The first-order chi connectivity index (χ1) is 6.02. The van der Waals surface area contributed by atoms with Gasteiger partial charge in [0.15, 0.2) is 0 Å². The van der Waals surface area contributed by atoms with E-state index in [1.807, 2.05) is 0 Å². The zero-order valence-electron chi connectivity index (χ0n) is 9.79. The second-order valence-corrected chi connectivity index (χ2v) is 16.1. The molecule has 0 radical (unpaired) electrons. The Morgan fingerprint density at radius 3 is 1.86 bits per heavy atom. The van der Waals surface area contributed by atoms with E-state index in [4.69, 9.17) is 9.42 Å². The van der Waals surface area contributed by atoms with Crippen molar-refractivity contribution in [2.45, 2.75) is 39.3 Å². The fourth-order valence-corrected chi connectivity index (χ4v) is 6.38. The van der Waals surface area contributed by atoms with Crippen LogP contribution in [0.2, 0.25) is 39.3 Å². The van der Waals surface area contributed by atoms with Crippen LogP contribution in [0.25, 0.3) is 0 Å². The highest BCUT2D eigenvalue weighted by molar-refractivity contribution is 7.32. The van der Waals surface area contributed by atoms with Crippen LogP contribution >= 0.6 is 8.25 Å². The Bertz CT molecular complexity index is 250. The Hall–Kier alpha value is 0.0338. The van der Waals surface area contributed by atoms with Crippen molar-refractivity contribution in [3.05, 3.63) is 11.1 Å². The first-order valence-corrected chi connectivity index (χ1v) is 12.8. The minimum absolute atomic E-state index is 0.764. The molecule has 14 heavy (non-hydrogen) atoms. The van der Waals surface area contributed by atoms with Gasteiger partial charge in [-0.1, -0.05) is 45.0 Å². The molecule has 0 amide bonds. The van der Waals surface area contributed by atoms with Gasteiger partial charge in [-0.25, -0.2) is 4.52 Å². The van der Waals surface area contributed by atoms with E-state index in [0.717, 1.165) is 5.38 Å². The van der Waals surface area contributed by atoms with Crippen molar-refractivity contribution in [2.24, 2.45) is 0 Å². The summed E-state index contributed by atoms with van der Waals surface area (Å²) in [6.45, 7) is 12.9. The summed E-state index contributed by atoms with van der Waals surface area (Å²) >= 11 is 0. The molecule has 1 N–H and O–H groups in total. The highest BCUT2D eigenvalue weighted by Crippen LogP contribution is 2.28. The maximum Gasteiger partial charge on any atom is 0.746 e. The Balaban J connectivity index is 4.93. The largest absolute Gasteiger partial charge is 0.746 e. The standard InChI is InChI=1S/C8H19O3PSi2/c1-13(2,3)7-8(11-12(9)10)14(4,5)6/h7H,1-6H3/p+1. The lowest BCUT2D eigenvalue weighted by Gasteiger charge is -2.18. The van der Waals surface area contributed by atoms with Gasteiger partial charge in [-0.15, -0.1) is 4.89 Å². The Morgan fingerprint density at radius 1 is 1.21 bits per heavy atom. The third kappa shape index (κ3) is 6.48. The van der Waals surface area contributed by atoms with Crippen LogP contribution in [-0.2, 0) is 9.09 Å². The van der Waals surface area contributed by atoms with Crippen molar-refractivity contribution in [1.29, 1.82) is 0 Å². The molecule has 6 heteroatoms. The molecule has 0 aliphatic heterocycles. The summed E-state index contributed by atoms with van der Waals surface area (Å²) in [5.74, 6) is 0. The fourth-order valence-electron chi connectivity index (χ4n) is 0.857. The third-order valence-electron chi connectivity index (χ3n) is 1.48. The maximum atomic E-state index is 10.7. The monoisotopic (exact) mass is 251 g/mol. The zero-order valence-corrected chi connectivity index (χ0v) is 12.7. The van der Waals surface area contributed by atoms with Gasteiger partial charge in [0.1, 0.15) is 13.5 Å². The molecular weight excluding hydrogens is 231 g/mol. The van der Waals surface area contributed by atoms with E-state index in [9.17, 15) is 4.57 Å². The third-order valence-corrected chi connectivity index (χ3v) is 5.15. The van der Waals surface area contributed by atoms with E-state index in [1.54, 1.807) is 0 Å². The van der Waals surface area contributed by atoms with E-state index in [2.05, 4.69) is 45.0 Å². The molecule has 0 aromatic heterocycles. The van der Waals surface area contributed by atoms with Crippen LogP contribution in [0.4, 0.5) is 0 Å². The van der Waals surface area contributed by atoms with E-state index in [-0.39, 0.29) is 0 Å². The van der Waals surface area contributed by atoms with E-state index in [0.29, 0.717) is 0 Å². The lowest BCUT2D eigenvalue weighted by Crippen LogP contribution is -2.29. The molecule has 1 atom stereocenters. The fraction of sp³-hybridized carbons (Fsp3) is 0.750. The van der Waals surface area contributed by atoms with Gasteiger partial charge in [0.25, 0.3) is 0 Å². The maximum absolute atomic E-state index is 10.7. The predicted molar refractivity (Wildman–Crippen MR) is 65.7 cm³/mol. The van der Waals surface area contributed by atoms with Crippen LogP contribution in [-0.4, -0.2) is 21.0 Å². The van der Waals surface area contributed by atoms with E-state index in [1.165, 1.54) is 0 Å². The number of rotatable bonds is 4. The van der Waals surface area contributed by atoms with Crippen molar-refractivity contribution >= 4 is 24.4 Å².